The summed E-state index contributed by atoms with van der Waals surface area (Å²) in [6, 6.07) is 13.4. The van der Waals surface area contributed by atoms with E-state index in [1.807, 2.05) is 36.4 Å². The minimum atomic E-state index is -0.203. The van der Waals surface area contributed by atoms with E-state index in [0.717, 1.165) is 37.3 Å². The molecule has 23 heavy (non-hydrogen) atoms. The lowest BCUT2D eigenvalue weighted by Crippen LogP contribution is -2.27. The first-order chi connectivity index (χ1) is 11.2. The molecule has 1 N–H and O–H groups in total. The zero-order chi connectivity index (χ0) is 16.5. The highest BCUT2D eigenvalue weighted by Crippen LogP contribution is 2.11. The average molecular weight is 312 g/mol. The second kappa shape index (κ2) is 8.88. The molecule has 0 saturated carbocycles. The first-order valence-corrected chi connectivity index (χ1v) is 8.15. The van der Waals surface area contributed by atoms with Crippen molar-refractivity contribution in [3.8, 4) is 0 Å². The van der Waals surface area contributed by atoms with Gasteiger partial charge in [0.2, 0.25) is 0 Å². The molecule has 1 heterocycles. The maximum absolute atomic E-state index is 12.1. The van der Waals surface area contributed by atoms with Crippen molar-refractivity contribution in [2.75, 3.05) is 18.0 Å². The van der Waals surface area contributed by atoms with Crippen LogP contribution in [0.15, 0.2) is 42.5 Å². The number of nitrogens with zero attached hydrogens (tertiary/aromatic N) is 3. The number of anilines is 1. The lowest BCUT2D eigenvalue weighted by Gasteiger charge is -2.21. The molecule has 2 rings (SSSR count). The Hall–Kier alpha value is -2.43. The molecule has 122 valence electrons. The highest BCUT2D eigenvalue weighted by molar-refractivity contribution is 5.92. The van der Waals surface area contributed by atoms with Crippen molar-refractivity contribution in [1.29, 1.82) is 0 Å². The van der Waals surface area contributed by atoms with Crippen molar-refractivity contribution in [3.05, 3.63) is 53.7 Å². The molecule has 0 fully saturated rings. The van der Waals surface area contributed by atoms with Crippen LogP contribution in [0.1, 0.15) is 42.7 Å². The van der Waals surface area contributed by atoms with Crippen LogP contribution in [-0.2, 0) is 6.54 Å². The van der Waals surface area contributed by atoms with Gasteiger partial charge in [0, 0.05) is 19.6 Å². The van der Waals surface area contributed by atoms with Crippen molar-refractivity contribution in [3.63, 3.8) is 0 Å². The number of hydrogen-bond donors (Lipinski definition) is 1. The van der Waals surface area contributed by atoms with Crippen LogP contribution in [0.5, 0.6) is 0 Å². The summed E-state index contributed by atoms with van der Waals surface area (Å²) < 4.78 is 0. The largest absolute Gasteiger partial charge is 0.355 e. The van der Waals surface area contributed by atoms with E-state index in [1.54, 1.807) is 6.07 Å². The van der Waals surface area contributed by atoms with Crippen molar-refractivity contribution in [2.45, 2.75) is 33.2 Å². The van der Waals surface area contributed by atoms with E-state index in [0.29, 0.717) is 12.2 Å². The molecule has 0 unspecified atom stereocenters. The minimum absolute atomic E-state index is 0.203. The average Bonchev–Trinajstić information content (AvgIpc) is 2.60. The van der Waals surface area contributed by atoms with Crippen LogP contribution in [0.4, 0.5) is 5.82 Å². The molecule has 0 aliphatic heterocycles. The predicted octanol–water partition coefficient (Wildman–Crippen LogP) is 3.03. The van der Waals surface area contributed by atoms with Gasteiger partial charge >= 0.3 is 0 Å². The molecule has 5 nitrogen and oxygen atoms in total. The van der Waals surface area contributed by atoms with Crippen LogP contribution in [0.2, 0.25) is 0 Å². The Morgan fingerprint density at radius 3 is 2.26 bits per heavy atom. The van der Waals surface area contributed by atoms with E-state index in [4.69, 9.17) is 0 Å². The molecule has 0 atom stereocenters. The van der Waals surface area contributed by atoms with Crippen LogP contribution in [0, 0.1) is 0 Å². The van der Waals surface area contributed by atoms with Gasteiger partial charge in [-0.3, -0.25) is 4.79 Å². The van der Waals surface area contributed by atoms with Crippen LogP contribution < -0.4 is 10.2 Å². The van der Waals surface area contributed by atoms with Gasteiger partial charge in [0.05, 0.1) is 0 Å². The number of benzene rings is 1. The van der Waals surface area contributed by atoms with Crippen molar-refractivity contribution >= 4 is 11.7 Å². The number of aromatic nitrogens is 2. The Morgan fingerprint density at radius 1 is 1.00 bits per heavy atom. The van der Waals surface area contributed by atoms with Gasteiger partial charge < -0.3 is 10.2 Å². The fourth-order valence-electron chi connectivity index (χ4n) is 2.36. The molecule has 0 aliphatic rings. The van der Waals surface area contributed by atoms with E-state index in [2.05, 4.69) is 34.3 Å². The summed E-state index contributed by atoms with van der Waals surface area (Å²) in [7, 11) is 0. The summed E-state index contributed by atoms with van der Waals surface area (Å²) in [5.41, 5.74) is 1.40. The van der Waals surface area contributed by atoms with Crippen LogP contribution in [0.25, 0.3) is 0 Å². The van der Waals surface area contributed by atoms with Crippen LogP contribution in [-0.4, -0.2) is 29.2 Å². The third kappa shape index (κ3) is 5.06. The van der Waals surface area contributed by atoms with Gasteiger partial charge in [0.1, 0.15) is 0 Å². The maximum Gasteiger partial charge on any atom is 0.272 e. The summed E-state index contributed by atoms with van der Waals surface area (Å²) in [6.45, 7) is 6.66. The second-order valence-electron chi connectivity index (χ2n) is 5.43. The van der Waals surface area contributed by atoms with Crippen molar-refractivity contribution in [1.82, 2.24) is 15.5 Å². The van der Waals surface area contributed by atoms with E-state index in [9.17, 15) is 4.79 Å². The van der Waals surface area contributed by atoms with E-state index in [1.165, 1.54) is 0 Å². The first-order valence-electron chi connectivity index (χ1n) is 8.15. The second-order valence-corrected chi connectivity index (χ2v) is 5.43. The smallest absolute Gasteiger partial charge is 0.272 e. The number of hydrogen-bond acceptors (Lipinski definition) is 4. The van der Waals surface area contributed by atoms with Crippen molar-refractivity contribution in [2.24, 2.45) is 0 Å². The number of amides is 1. The molecular weight excluding hydrogens is 288 g/mol. The molecule has 2 aromatic rings. The maximum atomic E-state index is 12.1. The number of carbonyl (C=O) groups excluding carboxylic acids is 1. The van der Waals surface area contributed by atoms with E-state index in [-0.39, 0.29) is 5.91 Å². The summed E-state index contributed by atoms with van der Waals surface area (Å²) in [5, 5.41) is 11.1. The molecule has 1 aromatic heterocycles. The zero-order valence-electron chi connectivity index (χ0n) is 13.8. The Morgan fingerprint density at radius 2 is 1.70 bits per heavy atom. The summed E-state index contributed by atoms with van der Waals surface area (Å²) in [5.74, 6) is 0.624. The predicted molar refractivity (Wildman–Crippen MR) is 92.4 cm³/mol. The Bertz CT molecular complexity index is 592. The Balaban J connectivity index is 1.96. The Labute approximate surface area is 137 Å². The topological polar surface area (TPSA) is 58.1 Å². The van der Waals surface area contributed by atoms with Crippen LogP contribution >= 0.6 is 0 Å². The summed E-state index contributed by atoms with van der Waals surface area (Å²) in [6.07, 6.45) is 2.11. The molecule has 0 bridgehead atoms. The highest BCUT2D eigenvalue weighted by atomic mass is 16.1. The number of rotatable bonds is 8. The molecule has 0 spiro atoms. The molecule has 1 aromatic carbocycles. The lowest BCUT2D eigenvalue weighted by molar-refractivity contribution is 0.0945. The lowest BCUT2D eigenvalue weighted by atomic mass is 10.2. The number of carbonyl (C=O) groups is 1. The fourth-order valence-corrected chi connectivity index (χ4v) is 2.36. The zero-order valence-corrected chi connectivity index (χ0v) is 13.8. The molecule has 1 amide bonds. The number of nitrogens with one attached hydrogen (secondary N) is 1. The van der Waals surface area contributed by atoms with Crippen LogP contribution in [0.3, 0.4) is 0 Å². The molecule has 5 heteroatoms. The van der Waals surface area contributed by atoms with E-state index < -0.39 is 0 Å². The van der Waals surface area contributed by atoms with Gasteiger partial charge in [-0.15, -0.1) is 10.2 Å². The van der Waals surface area contributed by atoms with Gasteiger partial charge in [-0.05, 0) is 30.5 Å². The SMILES string of the molecule is CCCN(CCC)c1ccc(C(=O)NCc2ccccc2)nn1. The van der Waals surface area contributed by atoms with Crippen molar-refractivity contribution < 1.29 is 4.79 Å². The summed E-state index contributed by atoms with van der Waals surface area (Å²) >= 11 is 0. The normalized spacial score (nSPS) is 10.3. The minimum Gasteiger partial charge on any atom is -0.355 e. The quantitative estimate of drug-likeness (QED) is 0.814. The fraction of sp³-hybridized carbons (Fsp3) is 0.389. The standard InChI is InChI=1S/C18H24N4O/c1-3-12-22(13-4-2)17-11-10-16(20-21-17)18(23)19-14-15-8-6-5-7-9-15/h5-11H,3-4,12-14H2,1-2H3,(H,19,23). The highest BCUT2D eigenvalue weighted by Gasteiger charge is 2.11. The summed E-state index contributed by atoms with van der Waals surface area (Å²) in [4.78, 5) is 14.3. The Kier molecular flexibility index (Phi) is 6.54. The monoisotopic (exact) mass is 312 g/mol. The molecule has 0 saturated heterocycles. The molecule has 0 radical (unpaired) electrons. The van der Waals surface area contributed by atoms with Gasteiger partial charge in [0.25, 0.3) is 5.91 Å². The molecular formula is C18H24N4O. The first kappa shape index (κ1) is 16.9. The van der Waals surface area contributed by atoms with Gasteiger partial charge in [-0.2, -0.15) is 0 Å². The van der Waals surface area contributed by atoms with Gasteiger partial charge in [0.15, 0.2) is 11.5 Å². The molecule has 0 aliphatic carbocycles. The van der Waals surface area contributed by atoms with E-state index >= 15 is 0 Å². The third-order valence-corrected chi connectivity index (χ3v) is 3.49. The third-order valence-electron chi connectivity index (χ3n) is 3.49. The van der Waals surface area contributed by atoms with Gasteiger partial charge in [-0.25, -0.2) is 0 Å². The van der Waals surface area contributed by atoms with Gasteiger partial charge in [-0.1, -0.05) is 44.2 Å².